The number of fused-ring (bicyclic) bond motifs is 7. The molecular weight excluding hydrogens is 658 g/mol. The van der Waals surface area contributed by atoms with Gasteiger partial charge < -0.3 is 14.3 Å². The summed E-state index contributed by atoms with van der Waals surface area (Å²) in [5.41, 5.74) is 1.23. The molecule has 0 amide bonds. The maximum Gasteiger partial charge on any atom is 0.313 e. The smallest absolute Gasteiger partial charge is 0.313 e. The number of allylic oxidation sites excluding steroid dienone is 2. The van der Waals surface area contributed by atoms with Crippen LogP contribution >= 0.6 is 0 Å². The lowest BCUT2D eigenvalue weighted by molar-refractivity contribution is -0.757. The monoisotopic (exact) mass is 719 g/mol. The molecule has 5 aliphatic rings. The Balaban J connectivity index is 1.21. The molecule has 0 aromatic heterocycles. The van der Waals surface area contributed by atoms with Crippen LogP contribution in [0.15, 0.2) is 42.0 Å². The van der Waals surface area contributed by atoms with Crippen LogP contribution in [0, 0.1) is 60.4 Å². The molecule has 4 saturated carbocycles. The average molecular weight is 720 g/mol. The Kier molecular flexibility index (Phi) is 10.5. The van der Waals surface area contributed by atoms with Gasteiger partial charge in [-0.15, -0.1) is 10.1 Å². The van der Waals surface area contributed by atoms with Crippen molar-refractivity contribution in [3.8, 4) is 0 Å². The van der Waals surface area contributed by atoms with Crippen LogP contribution in [0.25, 0.3) is 0 Å². The molecule has 0 spiro atoms. The molecule has 0 bridgehead atoms. The van der Waals surface area contributed by atoms with Crippen LogP contribution in [0.3, 0.4) is 0 Å². The van der Waals surface area contributed by atoms with Gasteiger partial charge >= 0.3 is 11.9 Å². The Bertz CT molecular complexity index is 1570. The van der Waals surface area contributed by atoms with Gasteiger partial charge in [-0.25, -0.2) is 0 Å². The van der Waals surface area contributed by atoms with E-state index >= 15 is 0 Å². The first kappa shape index (κ1) is 38.5. The van der Waals surface area contributed by atoms with E-state index in [4.69, 9.17) is 9.47 Å². The lowest BCUT2D eigenvalue weighted by Crippen LogP contribution is -2.65. The fourth-order valence-corrected chi connectivity index (χ4v) is 12.3. The van der Waals surface area contributed by atoms with Crippen molar-refractivity contribution >= 4 is 17.7 Å². The molecule has 0 radical (unpaired) electrons. The largest absolute Gasteiger partial charge is 0.465 e. The van der Waals surface area contributed by atoms with Crippen molar-refractivity contribution in [1.29, 1.82) is 0 Å². The molecule has 6 rings (SSSR count). The Morgan fingerprint density at radius 2 is 1.62 bits per heavy atom. The van der Waals surface area contributed by atoms with Crippen LogP contribution in [-0.4, -0.2) is 36.0 Å². The van der Waals surface area contributed by atoms with Gasteiger partial charge in [0, 0.05) is 12.8 Å². The Hall–Kier alpha value is -3.23. The molecule has 52 heavy (non-hydrogen) atoms. The quantitative estimate of drug-likeness (QED) is 0.0689. The zero-order chi connectivity index (χ0) is 37.6. The number of ether oxygens (including phenoxy) is 2. The predicted octanol–water partition coefficient (Wildman–Crippen LogP) is 9.39. The highest BCUT2D eigenvalue weighted by molar-refractivity contribution is 5.86. The molecule has 9 heteroatoms. The number of hydrogen-bond donors (Lipinski definition) is 0. The number of carbonyl (C=O) groups excluding carboxylic acids is 3. The van der Waals surface area contributed by atoms with Crippen LogP contribution in [0.1, 0.15) is 137 Å². The number of unbranched alkanes of at least 4 members (excludes halogenated alkanes) is 2. The molecule has 0 unspecified atom stereocenters. The maximum absolute atomic E-state index is 14.3. The lowest BCUT2D eigenvalue weighted by atomic mass is 9.33. The number of hydrogen-bond acceptors (Lipinski definition) is 8. The second-order valence-corrected chi connectivity index (χ2v) is 18.8. The van der Waals surface area contributed by atoms with Crippen molar-refractivity contribution < 1.29 is 33.8 Å². The van der Waals surface area contributed by atoms with Crippen molar-refractivity contribution in [3.63, 3.8) is 0 Å². The third-order valence-electron chi connectivity index (χ3n) is 15.6. The number of benzene rings is 1. The maximum atomic E-state index is 14.3. The minimum atomic E-state index is -0.801. The summed E-state index contributed by atoms with van der Waals surface area (Å²) in [5, 5.41) is 9.56. The molecule has 8 atom stereocenters. The van der Waals surface area contributed by atoms with Gasteiger partial charge in [0.1, 0.15) is 19.0 Å². The van der Waals surface area contributed by atoms with Gasteiger partial charge in [-0.05, 0) is 123 Å². The Morgan fingerprint density at radius 3 is 2.35 bits per heavy atom. The number of rotatable bonds is 12. The SMILES string of the molecule is CC1(C)CC[C@]2(C(=O)OCc3ccccc3)CC[C@]3(C)C(=CC[C@@H]4[C@@]5(C)CCC(=O)[C@@](C)(COC(=O)CCCCCO[N+](=O)[O-])[C@@H]5CC[C@]43C)[C@@H]2C1. The van der Waals surface area contributed by atoms with E-state index < -0.39 is 15.9 Å². The highest BCUT2D eigenvalue weighted by Crippen LogP contribution is 2.75. The van der Waals surface area contributed by atoms with Crippen LogP contribution in [0.5, 0.6) is 0 Å². The van der Waals surface area contributed by atoms with Crippen molar-refractivity contribution in [1.82, 2.24) is 0 Å². The third-order valence-corrected chi connectivity index (χ3v) is 15.6. The second-order valence-electron chi connectivity index (χ2n) is 18.8. The molecule has 0 heterocycles. The summed E-state index contributed by atoms with van der Waals surface area (Å²) in [6, 6.07) is 9.99. The van der Waals surface area contributed by atoms with E-state index in [-0.39, 0.29) is 70.9 Å². The van der Waals surface area contributed by atoms with Crippen molar-refractivity contribution in [2.75, 3.05) is 13.2 Å². The standard InChI is InChI=1S/C43H61NO8/c1-38(2)22-24-43(37(47)50-28-30-13-9-7-10-14-30)25-23-41(5)31(32(43)27-38)16-17-34-39(3)20-19-35(45)40(4,33(39)18-21-42(34,41)6)29-51-36(46)15-11-8-12-26-52-44(48)49/h7,9-10,13-14,16,32-34H,8,11-12,15,17-29H2,1-6H3/t32-,33+,34+,39-,40-,41+,42+,43-/m0/s1. The first-order valence-electron chi connectivity index (χ1n) is 19.9. The minimum absolute atomic E-state index is 0.000916. The molecule has 0 saturated heterocycles. The number of nitrogens with zero attached hydrogens (tertiary/aromatic N) is 1. The molecule has 286 valence electrons. The third kappa shape index (κ3) is 6.61. The van der Waals surface area contributed by atoms with Gasteiger partial charge in [-0.1, -0.05) is 83.0 Å². The highest BCUT2D eigenvalue weighted by Gasteiger charge is 2.70. The molecule has 1 aromatic rings. The second kappa shape index (κ2) is 14.2. The predicted molar refractivity (Wildman–Crippen MR) is 197 cm³/mol. The summed E-state index contributed by atoms with van der Waals surface area (Å²) in [5.74, 6) is 0.476. The van der Waals surface area contributed by atoms with Crippen LogP contribution in [0.2, 0.25) is 0 Å². The topological polar surface area (TPSA) is 122 Å². The average Bonchev–Trinajstić information content (AvgIpc) is 3.10. The number of ketones is 1. The van der Waals surface area contributed by atoms with Crippen LogP contribution in [-0.2, 0) is 35.3 Å². The summed E-state index contributed by atoms with van der Waals surface area (Å²) < 4.78 is 12.0. The van der Waals surface area contributed by atoms with Gasteiger partial charge in [0.2, 0.25) is 0 Å². The number of esters is 2. The van der Waals surface area contributed by atoms with Gasteiger partial charge in [0.05, 0.1) is 17.4 Å². The van der Waals surface area contributed by atoms with Gasteiger partial charge in [0.25, 0.3) is 5.09 Å². The van der Waals surface area contributed by atoms with Crippen molar-refractivity contribution in [2.45, 2.75) is 138 Å². The molecule has 0 N–H and O–H groups in total. The lowest BCUT2D eigenvalue weighted by Gasteiger charge is -2.70. The summed E-state index contributed by atoms with van der Waals surface area (Å²) >= 11 is 0. The molecule has 4 fully saturated rings. The van der Waals surface area contributed by atoms with Gasteiger partial charge in [-0.2, -0.15) is 0 Å². The molecule has 0 aliphatic heterocycles. The Morgan fingerprint density at radius 1 is 0.885 bits per heavy atom. The fourth-order valence-electron chi connectivity index (χ4n) is 12.3. The van der Waals surface area contributed by atoms with E-state index in [1.54, 1.807) is 0 Å². The van der Waals surface area contributed by atoms with Crippen LogP contribution < -0.4 is 0 Å². The van der Waals surface area contributed by atoms with Crippen molar-refractivity contribution in [3.05, 3.63) is 57.7 Å². The normalized spacial score (nSPS) is 37.6. The zero-order valence-corrected chi connectivity index (χ0v) is 32.4. The van der Waals surface area contributed by atoms with Gasteiger partial charge in [-0.3, -0.25) is 14.4 Å². The molecule has 9 nitrogen and oxygen atoms in total. The van der Waals surface area contributed by atoms with Crippen molar-refractivity contribution in [2.24, 2.45) is 50.2 Å². The zero-order valence-electron chi connectivity index (χ0n) is 32.4. The first-order chi connectivity index (χ1) is 24.5. The van der Waals surface area contributed by atoms with E-state index in [9.17, 15) is 24.5 Å². The summed E-state index contributed by atoms with van der Waals surface area (Å²) in [6.07, 6.45) is 13.3. The summed E-state index contributed by atoms with van der Waals surface area (Å²) in [6.45, 7) is 14.6. The van der Waals surface area contributed by atoms with E-state index in [0.717, 1.165) is 63.4 Å². The van der Waals surface area contributed by atoms with Crippen LogP contribution in [0.4, 0.5) is 0 Å². The number of Topliss-reactive ketones (excluding diaryl/α,β-unsaturated/α-hetero) is 1. The summed E-state index contributed by atoms with van der Waals surface area (Å²) in [7, 11) is 0. The van der Waals surface area contributed by atoms with E-state index in [1.807, 2.05) is 37.3 Å². The van der Waals surface area contributed by atoms with E-state index in [2.05, 4.69) is 45.5 Å². The Labute approximate surface area is 310 Å². The minimum Gasteiger partial charge on any atom is -0.465 e. The highest BCUT2D eigenvalue weighted by atomic mass is 16.9. The van der Waals surface area contributed by atoms with E-state index in [1.165, 1.54) is 5.57 Å². The molecule has 1 aromatic carbocycles. The molecule has 5 aliphatic carbocycles. The summed E-state index contributed by atoms with van der Waals surface area (Å²) in [4.78, 5) is 55.6. The first-order valence-corrected chi connectivity index (χ1v) is 19.9. The van der Waals surface area contributed by atoms with Gasteiger partial charge in [0.15, 0.2) is 0 Å². The fraction of sp³-hybridized carbons (Fsp3) is 0.744. The molecular formula is C43H61NO8. The van der Waals surface area contributed by atoms with E-state index in [0.29, 0.717) is 38.2 Å². The number of carbonyl (C=O) groups is 3.